The number of hydrogen-bond donors (Lipinski definition) is 1. The van der Waals surface area contributed by atoms with Crippen LogP contribution < -0.4 is 0 Å². The normalized spacial score (nSPS) is 29.2. The minimum absolute atomic E-state index is 0.327. The number of aliphatic hydroxyl groups is 1. The van der Waals surface area contributed by atoms with Gasteiger partial charge in [-0.1, -0.05) is 11.6 Å². The number of rotatable bonds is 4. The number of aliphatic hydroxyl groups excluding tert-OH is 1. The Bertz CT molecular complexity index is 184. The molecule has 0 aliphatic heterocycles. The third kappa shape index (κ3) is 3.99. The Hall–Kier alpha value is -0.0500. The van der Waals surface area contributed by atoms with Crippen molar-refractivity contribution < 1.29 is 9.84 Å². The summed E-state index contributed by atoms with van der Waals surface area (Å²) in [4.78, 5) is 0. The fourth-order valence-electron chi connectivity index (χ4n) is 1.76. The highest BCUT2D eigenvalue weighted by molar-refractivity contribution is 6.25. The third-order valence-electron chi connectivity index (χ3n) is 2.78. The molecule has 0 bridgehead atoms. The van der Waals surface area contributed by atoms with Gasteiger partial charge in [0.25, 0.3) is 0 Å². The minimum Gasteiger partial charge on any atom is -0.396 e. The Morgan fingerprint density at radius 1 is 1.43 bits per heavy atom. The van der Waals surface area contributed by atoms with Crippen LogP contribution in [0.4, 0.5) is 0 Å². The Morgan fingerprint density at radius 2 is 2.07 bits per heavy atom. The van der Waals surface area contributed by atoms with Crippen LogP contribution in [0.2, 0.25) is 0 Å². The minimum atomic E-state index is 0.327. The average molecular weight is 219 g/mol. The Kier molecular flexibility index (Phi) is 5.53. The molecule has 3 heteroatoms. The van der Waals surface area contributed by atoms with Crippen molar-refractivity contribution in [3.05, 3.63) is 11.1 Å². The standard InChI is InChI=1S/C11H19ClO2/c1-9(6-12)8-14-11-4-2-10(7-13)3-5-11/h6,10-11,13H,2-5,7-8H2,1H3. The van der Waals surface area contributed by atoms with Gasteiger partial charge in [-0.05, 0) is 44.1 Å². The molecule has 0 aromatic rings. The molecule has 0 radical (unpaired) electrons. The first kappa shape index (κ1) is 12.0. The third-order valence-corrected chi connectivity index (χ3v) is 3.16. The van der Waals surface area contributed by atoms with E-state index in [2.05, 4.69) is 0 Å². The van der Waals surface area contributed by atoms with Gasteiger partial charge in [0.15, 0.2) is 0 Å². The van der Waals surface area contributed by atoms with Crippen LogP contribution in [-0.2, 0) is 4.74 Å². The molecule has 2 nitrogen and oxygen atoms in total. The largest absolute Gasteiger partial charge is 0.396 e. The van der Waals surface area contributed by atoms with Crippen LogP contribution in [0.5, 0.6) is 0 Å². The van der Waals surface area contributed by atoms with Crippen LogP contribution in [0.3, 0.4) is 0 Å². The SMILES string of the molecule is CC(=CCl)COC1CCC(CO)CC1. The summed E-state index contributed by atoms with van der Waals surface area (Å²) in [5.41, 5.74) is 2.63. The van der Waals surface area contributed by atoms with Gasteiger partial charge in [-0.3, -0.25) is 0 Å². The highest BCUT2D eigenvalue weighted by Gasteiger charge is 2.20. The lowest BCUT2D eigenvalue weighted by atomic mass is 9.88. The van der Waals surface area contributed by atoms with E-state index >= 15 is 0 Å². The van der Waals surface area contributed by atoms with Gasteiger partial charge in [0.1, 0.15) is 0 Å². The van der Waals surface area contributed by atoms with Crippen molar-refractivity contribution in [2.75, 3.05) is 13.2 Å². The number of halogens is 1. The zero-order valence-corrected chi connectivity index (χ0v) is 9.46. The number of hydrogen-bond acceptors (Lipinski definition) is 2. The molecule has 14 heavy (non-hydrogen) atoms. The summed E-state index contributed by atoms with van der Waals surface area (Å²) in [6.07, 6.45) is 4.68. The van der Waals surface area contributed by atoms with Crippen molar-refractivity contribution in [3.8, 4) is 0 Å². The highest BCUT2D eigenvalue weighted by atomic mass is 35.5. The van der Waals surface area contributed by atoms with E-state index in [-0.39, 0.29) is 0 Å². The summed E-state index contributed by atoms with van der Waals surface area (Å²) in [7, 11) is 0. The Morgan fingerprint density at radius 3 is 2.57 bits per heavy atom. The van der Waals surface area contributed by atoms with E-state index in [0.29, 0.717) is 25.2 Å². The lowest BCUT2D eigenvalue weighted by Crippen LogP contribution is -2.23. The fraction of sp³-hybridized carbons (Fsp3) is 0.818. The van der Waals surface area contributed by atoms with Crippen LogP contribution >= 0.6 is 11.6 Å². The summed E-state index contributed by atoms with van der Waals surface area (Å²) < 4.78 is 5.69. The molecule has 1 saturated carbocycles. The quantitative estimate of drug-likeness (QED) is 0.786. The van der Waals surface area contributed by atoms with Crippen LogP contribution in [0, 0.1) is 5.92 Å². The van der Waals surface area contributed by atoms with Gasteiger partial charge in [0.2, 0.25) is 0 Å². The van der Waals surface area contributed by atoms with Crippen molar-refractivity contribution in [3.63, 3.8) is 0 Å². The molecule has 82 valence electrons. The first-order valence-corrected chi connectivity index (χ1v) is 5.68. The molecule has 1 N–H and O–H groups in total. The molecular formula is C11H19ClO2. The monoisotopic (exact) mass is 218 g/mol. The topological polar surface area (TPSA) is 29.5 Å². The predicted molar refractivity (Wildman–Crippen MR) is 58.4 cm³/mol. The molecule has 0 spiro atoms. The van der Waals surface area contributed by atoms with Crippen LogP contribution in [0.25, 0.3) is 0 Å². The molecule has 1 aliphatic rings. The predicted octanol–water partition coefficient (Wildman–Crippen LogP) is 2.70. The summed E-state index contributed by atoms with van der Waals surface area (Å²) in [6, 6.07) is 0. The van der Waals surface area contributed by atoms with E-state index in [1.165, 1.54) is 0 Å². The molecule has 1 rings (SSSR count). The zero-order valence-electron chi connectivity index (χ0n) is 8.71. The summed E-state index contributed by atoms with van der Waals surface area (Å²) >= 11 is 5.54. The fourth-order valence-corrected chi connectivity index (χ4v) is 1.82. The Balaban J connectivity index is 2.16. The average Bonchev–Trinajstić information content (AvgIpc) is 2.26. The summed E-state index contributed by atoms with van der Waals surface area (Å²) in [5.74, 6) is 0.500. The van der Waals surface area contributed by atoms with Gasteiger partial charge < -0.3 is 9.84 Å². The van der Waals surface area contributed by atoms with Gasteiger partial charge in [-0.15, -0.1) is 0 Å². The molecule has 0 unspecified atom stereocenters. The molecule has 1 aliphatic carbocycles. The van der Waals surface area contributed by atoms with Gasteiger partial charge in [-0.25, -0.2) is 0 Å². The molecule has 1 fully saturated rings. The maximum atomic E-state index is 8.97. The first-order valence-electron chi connectivity index (χ1n) is 5.24. The van der Waals surface area contributed by atoms with E-state index in [0.717, 1.165) is 31.3 Å². The van der Waals surface area contributed by atoms with Crippen molar-refractivity contribution in [1.82, 2.24) is 0 Å². The van der Waals surface area contributed by atoms with Gasteiger partial charge in [0.05, 0.1) is 12.7 Å². The first-order chi connectivity index (χ1) is 6.76. The van der Waals surface area contributed by atoms with Crippen LogP contribution in [-0.4, -0.2) is 24.4 Å². The van der Waals surface area contributed by atoms with Crippen molar-refractivity contribution in [2.24, 2.45) is 5.92 Å². The van der Waals surface area contributed by atoms with Gasteiger partial charge in [-0.2, -0.15) is 0 Å². The highest BCUT2D eigenvalue weighted by Crippen LogP contribution is 2.25. The van der Waals surface area contributed by atoms with Gasteiger partial charge >= 0.3 is 0 Å². The molecule has 0 atom stereocenters. The molecular weight excluding hydrogens is 200 g/mol. The van der Waals surface area contributed by atoms with Crippen molar-refractivity contribution in [1.29, 1.82) is 0 Å². The van der Waals surface area contributed by atoms with Crippen molar-refractivity contribution >= 4 is 11.6 Å². The van der Waals surface area contributed by atoms with Gasteiger partial charge in [0, 0.05) is 12.1 Å². The van der Waals surface area contributed by atoms with Crippen LogP contribution in [0.1, 0.15) is 32.6 Å². The second kappa shape index (κ2) is 6.44. The summed E-state index contributed by atoms with van der Waals surface area (Å²) in [6.45, 7) is 2.93. The van der Waals surface area contributed by atoms with E-state index in [1.807, 2.05) is 6.92 Å². The van der Waals surface area contributed by atoms with E-state index in [4.69, 9.17) is 21.4 Å². The molecule has 0 aromatic carbocycles. The summed E-state index contributed by atoms with van der Waals surface area (Å²) in [5, 5.41) is 8.97. The maximum absolute atomic E-state index is 8.97. The molecule has 0 saturated heterocycles. The van der Waals surface area contributed by atoms with E-state index < -0.39 is 0 Å². The second-order valence-corrected chi connectivity index (χ2v) is 4.31. The number of ether oxygens (including phenoxy) is 1. The Labute approximate surface area is 90.9 Å². The van der Waals surface area contributed by atoms with E-state index in [9.17, 15) is 0 Å². The van der Waals surface area contributed by atoms with E-state index in [1.54, 1.807) is 5.54 Å². The second-order valence-electron chi connectivity index (χ2n) is 4.09. The smallest absolute Gasteiger partial charge is 0.0689 e. The zero-order chi connectivity index (χ0) is 10.4. The molecule has 0 amide bonds. The molecule has 0 aromatic heterocycles. The lowest BCUT2D eigenvalue weighted by Gasteiger charge is -2.27. The van der Waals surface area contributed by atoms with Crippen LogP contribution in [0.15, 0.2) is 11.1 Å². The van der Waals surface area contributed by atoms with Crippen molar-refractivity contribution in [2.45, 2.75) is 38.7 Å². The lowest BCUT2D eigenvalue weighted by molar-refractivity contribution is 0.0232. The maximum Gasteiger partial charge on any atom is 0.0689 e. The molecule has 0 heterocycles.